The zero-order chi connectivity index (χ0) is 15.1. The summed E-state index contributed by atoms with van der Waals surface area (Å²) in [5.74, 6) is -0.617. The van der Waals surface area contributed by atoms with Crippen LogP contribution in [0.3, 0.4) is 0 Å². The van der Waals surface area contributed by atoms with Crippen LogP contribution in [0.4, 0.5) is 0 Å². The maximum absolute atomic E-state index is 11.6. The summed E-state index contributed by atoms with van der Waals surface area (Å²) >= 11 is 0. The Morgan fingerprint density at radius 1 is 1.45 bits per heavy atom. The van der Waals surface area contributed by atoms with Gasteiger partial charge in [-0.15, -0.1) is 0 Å². The van der Waals surface area contributed by atoms with Crippen molar-refractivity contribution in [1.29, 1.82) is 0 Å². The van der Waals surface area contributed by atoms with Crippen molar-refractivity contribution in [2.24, 2.45) is 5.92 Å². The van der Waals surface area contributed by atoms with Crippen molar-refractivity contribution in [2.75, 3.05) is 26.3 Å². The molecular weight excluding hydrogens is 260 g/mol. The van der Waals surface area contributed by atoms with Gasteiger partial charge in [-0.1, -0.05) is 19.1 Å². The molecule has 6 nitrogen and oxygen atoms in total. The Balaban J connectivity index is 2.10. The number of ether oxygens (including phenoxy) is 1. The molecule has 0 aromatic carbocycles. The first-order valence-electron chi connectivity index (χ1n) is 6.75. The average molecular weight is 282 g/mol. The van der Waals surface area contributed by atoms with E-state index in [-0.39, 0.29) is 56.2 Å². The van der Waals surface area contributed by atoms with Crippen molar-refractivity contribution in [3.8, 4) is 0 Å². The zero-order valence-corrected chi connectivity index (χ0v) is 12.1. The maximum Gasteiger partial charge on any atom is 0.232 e. The van der Waals surface area contributed by atoms with Gasteiger partial charge in [0.1, 0.15) is 0 Å². The summed E-state index contributed by atoms with van der Waals surface area (Å²) in [6.07, 6.45) is 0.535. The SMILES string of the molecule is C=C(C)CNC(=O)CCOCCN1C(=O)CC(C)C1=O. The van der Waals surface area contributed by atoms with E-state index < -0.39 is 0 Å². The lowest BCUT2D eigenvalue weighted by Crippen LogP contribution is -2.33. The van der Waals surface area contributed by atoms with Crippen LogP contribution < -0.4 is 5.32 Å². The number of carbonyl (C=O) groups excluding carboxylic acids is 3. The Morgan fingerprint density at radius 2 is 2.15 bits per heavy atom. The van der Waals surface area contributed by atoms with Crippen molar-refractivity contribution >= 4 is 17.7 Å². The molecule has 1 heterocycles. The number of rotatable bonds is 8. The second-order valence-electron chi connectivity index (χ2n) is 5.08. The van der Waals surface area contributed by atoms with Gasteiger partial charge in [0.25, 0.3) is 0 Å². The molecular formula is C14H22N2O4. The summed E-state index contributed by atoms with van der Waals surface area (Å²) in [6.45, 7) is 8.52. The summed E-state index contributed by atoms with van der Waals surface area (Å²) in [5.41, 5.74) is 0.888. The van der Waals surface area contributed by atoms with E-state index in [1.54, 1.807) is 6.92 Å². The van der Waals surface area contributed by atoms with E-state index in [0.717, 1.165) is 5.57 Å². The van der Waals surface area contributed by atoms with Gasteiger partial charge >= 0.3 is 0 Å². The van der Waals surface area contributed by atoms with Gasteiger partial charge in [-0.05, 0) is 6.92 Å². The van der Waals surface area contributed by atoms with E-state index >= 15 is 0 Å². The molecule has 6 heteroatoms. The molecule has 20 heavy (non-hydrogen) atoms. The maximum atomic E-state index is 11.6. The van der Waals surface area contributed by atoms with Crippen LogP contribution in [0.15, 0.2) is 12.2 Å². The molecule has 1 fully saturated rings. The molecule has 0 aromatic heterocycles. The van der Waals surface area contributed by atoms with Gasteiger partial charge in [0.15, 0.2) is 0 Å². The molecule has 0 aliphatic carbocycles. The van der Waals surface area contributed by atoms with Crippen molar-refractivity contribution < 1.29 is 19.1 Å². The molecule has 112 valence electrons. The summed E-state index contributed by atoms with van der Waals surface area (Å²) in [7, 11) is 0. The third-order valence-electron chi connectivity index (χ3n) is 2.99. The molecule has 0 aromatic rings. The average Bonchev–Trinajstić information content (AvgIpc) is 2.62. The summed E-state index contributed by atoms with van der Waals surface area (Å²) in [4.78, 5) is 35.7. The lowest BCUT2D eigenvalue weighted by molar-refractivity contribution is -0.140. The molecule has 0 bridgehead atoms. The van der Waals surface area contributed by atoms with E-state index in [1.165, 1.54) is 4.90 Å². The highest BCUT2D eigenvalue weighted by Crippen LogP contribution is 2.17. The first kappa shape index (κ1) is 16.4. The monoisotopic (exact) mass is 282 g/mol. The van der Waals surface area contributed by atoms with Gasteiger partial charge in [0.05, 0.1) is 19.8 Å². The smallest absolute Gasteiger partial charge is 0.232 e. The van der Waals surface area contributed by atoms with Crippen LogP contribution in [0.1, 0.15) is 26.7 Å². The molecule has 0 saturated carbocycles. The Morgan fingerprint density at radius 3 is 2.70 bits per heavy atom. The van der Waals surface area contributed by atoms with Crippen LogP contribution >= 0.6 is 0 Å². The number of hydrogen-bond donors (Lipinski definition) is 1. The molecule has 1 aliphatic heterocycles. The van der Waals surface area contributed by atoms with Gasteiger partial charge in [-0.2, -0.15) is 0 Å². The topological polar surface area (TPSA) is 75.7 Å². The van der Waals surface area contributed by atoms with E-state index in [0.29, 0.717) is 6.54 Å². The fourth-order valence-electron chi connectivity index (χ4n) is 1.84. The van der Waals surface area contributed by atoms with Crippen LogP contribution in [0.2, 0.25) is 0 Å². The van der Waals surface area contributed by atoms with Crippen LogP contribution in [0, 0.1) is 5.92 Å². The minimum absolute atomic E-state index is 0.102. The number of carbonyl (C=O) groups is 3. The lowest BCUT2D eigenvalue weighted by atomic mass is 10.1. The van der Waals surface area contributed by atoms with Crippen LogP contribution in [0.25, 0.3) is 0 Å². The number of nitrogens with zero attached hydrogens (tertiary/aromatic N) is 1. The quantitative estimate of drug-likeness (QED) is 0.399. The zero-order valence-electron chi connectivity index (χ0n) is 12.1. The fourth-order valence-corrected chi connectivity index (χ4v) is 1.84. The fraction of sp³-hybridized carbons (Fsp3) is 0.643. The number of hydrogen-bond acceptors (Lipinski definition) is 4. The molecule has 1 saturated heterocycles. The third kappa shape index (κ3) is 5.13. The van der Waals surface area contributed by atoms with E-state index in [1.807, 2.05) is 6.92 Å². The highest BCUT2D eigenvalue weighted by Gasteiger charge is 2.34. The molecule has 1 unspecified atom stereocenters. The largest absolute Gasteiger partial charge is 0.379 e. The van der Waals surface area contributed by atoms with Gasteiger partial charge in [-0.25, -0.2) is 0 Å². The standard InChI is InChI=1S/C14H22N2O4/c1-10(2)9-15-12(17)4-6-20-7-5-16-13(18)8-11(3)14(16)19/h11H,1,4-9H2,2-3H3,(H,15,17). The van der Waals surface area contributed by atoms with Crippen molar-refractivity contribution in [2.45, 2.75) is 26.7 Å². The van der Waals surface area contributed by atoms with Gasteiger partial charge < -0.3 is 10.1 Å². The molecule has 1 rings (SSSR count). The van der Waals surface area contributed by atoms with Crippen LogP contribution in [-0.4, -0.2) is 48.9 Å². The first-order valence-corrected chi connectivity index (χ1v) is 6.75. The Labute approximate surface area is 119 Å². The first-order chi connectivity index (χ1) is 9.41. The molecule has 1 aliphatic rings. The number of imide groups is 1. The Bertz CT molecular complexity index is 406. The van der Waals surface area contributed by atoms with Gasteiger partial charge in [0.2, 0.25) is 17.7 Å². The molecule has 0 radical (unpaired) electrons. The number of likely N-dealkylation sites (tertiary alicyclic amines) is 1. The van der Waals surface area contributed by atoms with Crippen LogP contribution in [-0.2, 0) is 19.1 Å². The minimum atomic E-state index is -0.226. The highest BCUT2D eigenvalue weighted by atomic mass is 16.5. The van der Waals surface area contributed by atoms with E-state index in [9.17, 15) is 14.4 Å². The van der Waals surface area contributed by atoms with E-state index in [2.05, 4.69) is 11.9 Å². The summed E-state index contributed by atoms with van der Waals surface area (Å²) < 4.78 is 5.28. The van der Waals surface area contributed by atoms with Gasteiger partial charge in [0, 0.05) is 25.3 Å². The van der Waals surface area contributed by atoms with Crippen molar-refractivity contribution in [1.82, 2.24) is 10.2 Å². The second kappa shape index (κ2) is 7.79. The number of amides is 3. The van der Waals surface area contributed by atoms with Crippen LogP contribution in [0.5, 0.6) is 0 Å². The van der Waals surface area contributed by atoms with Gasteiger partial charge in [-0.3, -0.25) is 19.3 Å². The lowest BCUT2D eigenvalue weighted by Gasteiger charge is -2.14. The predicted octanol–water partition coefficient (Wildman–Crippen LogP) is 0.480. The van der Waals surface area contributed by atoms with E-state index in [4.69, 9.17) is 4.74 Å². The molecule has 0 spiro atoms. The highest BCUT2D eigenvalue weighted by molar-refractivity contribution is 6.03. The van der Waals surface area contributed by atoms with Crippen molar-refractivity contribution in [3.05, 3.63) is 12.2 Å². The summed E-state index contributed by atoms with van der Waals surface area (Å²) in [5, 5.41) is 2.70. The predicted molar refractivity (Wildman–Crippen MR) is 73.8 cm³/mol. The third-order valence-corrected chi connectivity index (χ3v) is 2.99. The summed E-state index contributed by atoms with van der Waals surface area (Å²) in [6, 6.07) is 0. The molecule has 3 amide bonds. The number of nitrogens with one attached hydrogen (secondary N) is 1. The normalized spacial score (nSPS) is 18.5. The second-order valence-corrected chi connectivity index (χ2v) is 5.08. The molecule has 1 N–H and O–H groups in total. The van der Waals surface area contributed by atoms with Crippen molar-refractivity contribution in [3.63, 3.8) is 0 Å². The Kier molecular flexibility index (Phi) is 6.38. The Hall–Kier alpha value is -1.69. The molecule has 1 atom stereocenters. The minimum Gasteiger partial charge on any atom is -0.379 e.